The van der Waals surface area contributed by atoms with Gasteiger partial charge in [-0.1, -0.05) is 0 Å². The number of ether oxygens (including phenoxy) is 2. The first-order chi connectivity index (χ1) is 7.22. The van der Waals surface area contributed by atoms with Gasteiger partial charge in [0.25, 0.3) is 0 Å². The molecule has 1 saturated carbocycles. The van der Waals surface area contributed by atoms with Crippen LogP contribution in [0, 0.1) is 0 Å². The zero-order valence-corrected chi connectivity index (χ0v) is 9.62. The summed E-state index contributed by atoms with van der Waals surface area (Å²) in [5.41, 5.74) is 0. The lowest BCUT2D eigenvalue weighted by Crippen LogP contribution is -2.25. The normalized spacial score (nSPS) is 17.5. The van der Waals surface area contributed by atoms with Gasteiger partial charge in [-0.2, -0.15) is 0 Å². The molecule has 0 spiro atoms. The highest BCUT2D eigenvalue weighted by Gasteiger charge is 2.20. The van der Waals surface area contributed by atoms with Crippen molar-refractivity contribution in [1.82, 2.24) is 5.32 Å². The van der Waals surface area contributed by atoms with Crippen molar-refractivity contribution in [3.05, 3.63) is 0 Å². The van der Waals surface area contributed by atoms with E-state index in [0.717, 1.165) is 6.54 Å². The van der Waals surface area contributed by atoms with Crippen LogP contribution in [-0.2, 0) is 14.3 Å². The predicted molar refractivity (Wildman–Crippen MR) is 57.7 cm³/mol. The van der Waals surface area contributed by atoms with Crippen molar-refractivity contribution in [3.63, 3.8) is 0 Å². The number of hydrogen-bond donors (Lipinski definition) is 1. The standard InChI is InChI=1S/C11H21NO3/c1-3-14-8-9(2)15-11(13)6-7-12-10-4-5-10/h9-10,12H,3-8H2,1-2H3. The molecule has 1 aliphatic rings. The Morgan fingerprint density at radius 3 is 2.87 bits per heavy atom. The molecule has 88 valence electrons. The second-order valence-electron chi connectivity index (χ2n) is 3.94. The highest BCUT2D eigenvalue weighted by Crippen LogP contribution is 2.18. The van der Waals surface area contributed by atoms with Gasteiger partial charge in [-0.05, 0) is 26.7 Å². The van der Waals surface area contributed by atoms with E-state index in [1.165, 1.54) is 12.8 Å². The minimum atomic E-state index is -0.143. The van der Waals surface area contributed by atoms with Gasteiger partial charge in [0.15, 0.2) is 0 Å². The van der Waals surface area contributed by atoms with Gasteiger partial charge >= 0.3 is 5.97 Å². The zero-order valence-electron chi connectivity index (χ0n) is 9.62. The fraction of sp³-hybridized carbons (Fsp3) is 0.909. The summed E-state index contributed by atoms with van der Waals surface area (Å²) in [5.74, 6) is -0.143. The average Bonchev–Trinajstić information content (AvgIpc) is 2.98. The second kappa shape index (κ2) is 6.80. The lowest BCUT2D eigenvalue weighted by Gasteiger charge is -2.12. The molecule has 0 aromatic rings. The van der Waals surface area contributed by atoms with E-state index in [9.17, 15) is 4.79 Å². The van der Waals surface area contributed by atoms with Gasteiger partial charge in [0.05, 0.1) is 13.0 Å². The lowest BCUT2D eigenvalue weighted by atomic mass is 10.4. The quantitative estimate of drug-likeness (QED) is 0.616. The number of esters is 1. The van der Waals surface area contributed by atoms with Gasteiger partial charge < -0.3 is 14.8 Å². The van der Waals surface area contributed by atoms with Gasteiger partial charge in [-0.25, -0.2) is 0 Å². The monoisotopic (exact) mass is 215 g/mol. The maximum absolute atomic E-state index is 11.3. The first-order valence-corrected chi connectivity index (χ1v) is 5.73. The van der Waals surface area contributed by atoms with Crippen LogP contribution in [0.1, 0.15) is 33.1 Å². The van der Waals surface area contributed by atoms with Crippen molar-refractivity contribution in [2.45, 2.75) is 45.3 Å². The molecule has 0 aromatic carbocycles. The molecule has 1 N–H and O–H groups in total. The molecular weight excluding hydrogens is 194 g/mol. The smallest absolute Gasteiger partial charge is 0.307 e. The molecular formula is C11H21NO3. The third-order valence-electron chi connectivity index (χ3n) is 2.23. The van der Waals surface area contributed by atoms with Gasteiger partial charge in [0.1, 0.15) is 6.10 Å². The molecule has 1 fully saturated rings. The number of rotatable bonds is 8. The van der Waals surface area contributed by atoms with Crippen LogP contribution in [0.5, 0.6) is 0 Å². The number of hydrogen-bond acceptors (Lipinski definition) is 4. The third kappa shape index (κ3) is 6.47. The van der Waals surface area contributed by atoms with Crippen LogP contribution < -0.4 is 5.32 Å². The fourth-order valence-corrected chi connectivity index (χ4v) is 1.27. The van der Waals surface area contributed by atoms with Crippen molar-refractivity contribution in [2.24, 2.45) is 0 Å². The molecule has 0 radical (unpaired) electrons. The molecule has 1 unspecified atom stereocenters. The van der Waals surface area contributed by atoms with E-state index < -0.39 is 0 Å². The Balaban J connectivity index is 1.95. The van der Waals surface area contributed by atoms with Gasteiger partial charge in [-0.3, -0.25) is 4.79 Å². The molecule has 4 nitrogen and oxygen atoms in total. The Kier molecular flexibility index (Phi) is 5.65. The van der Waals surface area contributed by atoms with Crippen molar-refractivity contribution < 1.29 is 14.3 Å². The zero-order chi connectivity index (χ0) is 11.1. The van der Waals surface area contributed by atoms with E-state index in [4.69, 9.17) is 9.47 Å². The third-order valence-corrected chi connectivity index (χ3v) is 2.23. The van der Waals surface area contributed by atoms with E-state index in [2.05, 4.69) is 5.32 Å². The van der Waals surface area contributed by atoms with E-state index >= 15 is 0 Å². The highest BCUT2D eigenvalue weighted by atomic mass is 16.6. The van der Waals surface area contributed by atoms with Crippen LogP contribution in [0.4, 0.5) is 0 Å². The van der Waals surface area contributed by atoms with E-state index in [1.807, 2.05) is 13.8 Å². The van der Waals surface area contributed by atoms with Crippen LogP contribution >= 0.6 is 0 Å². The molecule has 4 heteroatoms. The molecule has 0 saturated heterocycles. The lowest BCUT2D eigenvalue weighted by molar-refractivity contribution is -0.150. The van der Waals surface area contributed by atoms with Gasteiger partial charge in [0.2, 0.25) is 0 Å². The minimum Gasteiger partial charge on any atom is -0.460 e. The van der Waals surface area contributed by atoms with E-state index in [0.29, 0.717) is 25.7 Å². The summed E-state index contributed by atoms with van der Waals surface area (Å²) < 4.78 is 10.3. The Bertz CT molecular complexity index is 192. The first-order valence-electron chi connectivity index (χ1n) is 5.73. The fourth-order valence-electron chi connectivity index (χ4n) is 1.27. The summed E-state index contributed by atoms with van der Waals surface area (Å²) in [6.45, 7) is 5.64. The van der Waals surface area contributed by atoms with Crippen LogP contribution in [0.2, 0.25) is 0 Å². The topological polar surface area (TPSA) is 47.6 Å². The summed E-state index contributed by atoms with van der Waals surface area (Å²) in [6, 6.07) is 0.652. The van der Waals surface area contributed by atoms with Gasteiger partial charge in [0, 0.05) is 19.2 Å². The van der Waals surface area contributed by atoms with Crippen molar-refractivity contribution >= 4 is 5.97 Å². The molecule has 0 amide bonds. The molecule has 1 rings (SSSR count). The molecule has 0 heterocycles. The Hall–Kier alpha value is -0.610. The number of carbonyl (C=O) groups is 1. The molecule has 0 aliphatic heterocycles. The van der Waals surface area contributed by atoms with Crippen LogP contribution in [-0.4, -0.2) is 37.9 Å². The Labute approximate surface area is 91.3 Å². The maximum Gasteiger partial charge on any atom is 0.307 e. The summed E-state index contributed by atoms with van der Waals surface area (Å²) in [6.07, 6.45) is 2.80. The molecule has 1 aliphatic carbocycles. The minimum absolute atomic E-state index is 0.140. The molecule has 0 aromatic heterocycles. The van der Waals surface area contributed by atoms with Crippen LogP contribution in [0.25, 0.3) is 0 Å². The largest absolute Gasteiger partial charge is 0.460 e. The molecule has 15 heavy (non-hydrogen) atoms. The number of carbonyl (C=O) groups excluding carboxylic acids is 1. The van der Waals surface area contributed by atoms with Crippen molar-refractivity contribution in [1.29, 1.82) is 0 Å². The van der Waals surface area contributed by atoms with E-state index in [-0.39, 0.29) is 12.1 Å². The number of nitrogens with one attached hydrogen (secondary N) is 1. The SMILES string of the molecule is CCOCC(C)OC(=O)CCNC1CC1. The second-order valence-corrected chi connectivity index (χ2v) is 3.94. The first kappa shape index (κ1) is 12.5. The van der Waals surface area contributed by atoms with Crippen LogP contribution in [0.3, 0.4) is 0 Å². The van der Waals surface area contributed by atoms with Gasteiger partial charge in [-0.15, -0.1) is 0 Å². The molecule has 0 bridgehead atoms. The van der Waals surface area contributed by atoms with Crippen molar-refractivity contribution in [2.75, 3.05) is 19.8 Å². The summed E-state index contributed by atoms with van der Waals surface area (Å²) in [5, 5.41) is 3.27. The Morgan fingerprint density at radius 1 is 1.53 bits per heavy atom. The maximum atomic E-state index is 11.3. The summed E-state index contributed by atoms with van der Waals surface area (Å²) >= 11 is 0. The average molecular weight is 215 g/mol. The van der Waals surface area contributed by atoms with Crippen molar-refractivity contribution in [3.8, 4) is 0 Å². The predicted octanol–water partition coefficient (Wildman–Crippen LogP) is 1.10. The van der Waals surface area contributed by atoms with E-state index in [1.54, 1.807) is 0 Å². The van der Waals surface area contributed by atoms with Crippen LogP contribution in [0.15, 0.2) is 0 Å². The highest BCUT2D eigenvalue weighted by molar-refractivity contribution is 5.69. The summed E-state index contributed by atoms with van der Waals surface area (Å²) in [7, 11) is 0. The molecule has 1 atom stereocenters. The Morgan fingerprint density at radius 2 is 2.27 bits per heavy atom. The summed E-state index contributed by atoms with van der Waals surface area (Å²) in [4.78, 5) is 11.3.